The fourth-order valence-corrected chi connectivity index (χ4v) is 5.12. The van der Waals surface area contributed by atoms with Crippen LogP contribution in [-0.4, -0.2) is 55.7 Å². The van der Waals surface area contributed by atoms with Gasteiger partial charge in [-0.3, -0.25) is 9.35 Å². The number of carbonyl (C=O) groups excluding carboxylic acids is 1. The molecule has 1 aliphatic rings. The topological polar surface area (TPSA) is 81.8 Å². The molecular formula is C29H42N3O4S+. The number of amides is 1. The van der Waals surface area contributed by atoms with Gasteiger partial charge in [-0.15, -0.1) is 0 Å². The molecule has 202 valence electrons. The molecule has 1 aliphatic heterocycles. The summed E-state index contributed by atoms with van der Waals surface area (Å²) in [6.07, 6.45) is 15.8. The predicted molar refractivity (Wildman–Crippen MR) is 150 cm³/mol. The number of carbonyl (C=O) groups is 1. The van der Waals surface area contributed by atoms with Crippen molar-refractivity contribution in [2.75, 3.05) is 36.8 Å². The molecule has 1 N–H and O–H groups in total. The van der Waals surface area contributed by atoms with Gasteiger partial charge in [0.05, 0.1) is 5.75 Å². The van der Waals surface area contributed by atoms with Crippen molar-refractivity contribution in [3.05, 3.63) is 59.9 Å². The molecule has 0 spiro atoms. The van der Waals surface area contributed by atoms with Crippen LogP contribution in [0.15, 0.2) is 48.8 Å². The van der Waals surface area contributed by atoms with E-state index in [2.05, 4.69) is 48.2 Å². The molecule has 0 radical (unpaired) electrons. The van der Waals surface area contributed by atoms with Gasteiger partial charge in [0.15, 0.2) is 12.4 Å². The Kier molecular flexibility index (Phi) is 11.6. The molecule has 37 heavy (non-hydrogen) atoms. The summed E-state index contributed by atoms with van der Waals surface area (Å²) in [5, 5.41) is 0. The van der Waals surface area contributed by atoms with Crippen LogP contribution in [0.2, 0.25) is 0 Å². The number of pyridine rings is 1. The Morgan fingerprint density at radius 3 is 2.11 bits per heavy atom. The Morgan fingerprint density at radius 2 is 1.49 bits per heavy atom. The largest absolute Gasteiger partial charge is 0.368 e. The van der Waals surface area contributed by atoms with Crippen molar-refractivity contribution in [2.45, 2.75) is 64.8 Å². The van der Waals surface area contributed by atoms with Crippen molar-refractivity contribution in [1.82, 2.24) is 4.90 Å². The second kappa shape index (κ2) is 14.9. The molecule has 0 atom stereocenters. The van der Waals surface area contributed by atoms with Gasteiger partial charge in [-0.1, -0.05) is 56.9 Å². The van der Waals surface area contributed by atoms with Crippen molar-refractivity contribution in [1.29, 1.82) is 0 Å². The highest BCUT2D eigenvalue weighted by molar-refractivity contribution is 7.85. The molecule has 1 fully saturated rings. The lowest BCUT2D eigenvalue weighted by atomic mass is 10.1. The lowest BCUT2D eigenvalue weighted by Crippen LogP contribution is -2.48. The Labute approximate surface area is 222 Å². The van der Waals surface area contributed by atoms with Crippen LogP contribution in [0.3, 0.4) is 0 Å². The second-order valence-corrected chi connectivity index (χ2v) is 11.4. The highest BCUT2D eigenvalue weighted by Crippen LogP contribution is 2.19. The summed E-state index contributed by atoms with van der Waals surface area (Å²) in [5.41, 5.74) is 3.41. The number of anilines is 1. The Morgan fingerprint density at radius 1 is 0.865 bits per heavy atom. The van der Waals surface area contributed by atoms with E-state index in [1.165, 1.54) is 24.9 Å². The maximum absolute atomic E-state index is 12.5. The smallest absolute Gasteiger partial charge is 0.264 e. The fraction of sp³-hybridized carbons (Fsp3) is 0.517. The summed E-state index contributed by atoms with van der Waals surface area (Å²) >= 11 is 0. The van der Waals surface area contributed by atoms with Crippen LogP contribution in [0.25, 0.3) is 12.2 Å². The number of aryl methyl sites for hydroxylation is 1. The summed E-state index contributed by atoms with van der Waals surface area (Å²) in [5.74, 6) is 0.114. The van der Waals surface area contributed by atoms with E-state index in [1.807, 2.05) is 34.0 Å². The Hall–Kier alpha value is -2.71. The van der Waals surface area contributed by atoms with Crippen LogP contribution in [-0.2, 0) is 21.5 Å². The van der Waals surface area contributed by atoms with E-state index in [-0.39, 0.29) is 5.75 Å². The zero-order valence-corrected chi connectivity index (χ0v) is 22.9. The third-order valence-corrected chi connectivity index (χ3v) is 7.64. The van der Waals surface area contributed by atoms with Crippen LogP contribution >= 0.6 is 0 Å². The molecule has 8 heteroatoms. The minimum absolute atomic E-state index is 0.192. The van der Waals surface area contributed by atoms with Gasteiger partial charge >= 0.3 is 0 Å². The predicted octanol–water partition coefficient (Wildman–Crippen LogP) is 4.82. The van der Waals surface area contributed by atoms with Gasteiger partial charge in [0.1, 0.15) is 6.54 Å². The van der Waals surface area contributed by atoms with Gasteiger partial charge in [-0.2, -0.15) is 8.42 Å². The van der Waals surface area contributed by atoms with E-state index in [4.69, 9.17) is 4.55 Å². The molecule has 0 saturated carbocycles. The summed E-state index contributed by atoms with van der Waals surface area (Å²) in [6, 6.07) is 12.6. The highest BCUT2D eigenvalue weighted by atomic mass is 32.2. The minimum Gasteiger partial charge on any atom is -0.368 e. The van der Waals surface area contributed by atoms with Gasteiger partial charge in [-0.25, -0.2) is 4.57 Å². The Balaban J connectivity index is 1.40. The number of nitrogens with zero attached hydrogens (tertiary/aromatic N) is 3. The first kappa shape index (κ1) is 28.9. The van der Waals surface area contributed by atoms with Crippen LogP contribution in [0, 0.1) is 0 Å². The monoisotopic (exact) mass is 528 g/mol. The fourth-order valence-electron chi connectivity index (χ4n) is 4.55. The summed E-state index contributed by atoms with van der Waals surface area (Å²) in [4.78, 5) is 16.9. The first-order valence-corrected chi connectivity index (χ1v) is 15.2. The molecule has 1 saturated heterocycles. The van der Waals surface area contributed by atoms with E-state index in [9.17, 15) is 13.2 Å². The molecule has 1 aromatic heterocycles. The third-order valence-electron chi connectivity index (χ3n) is 6.84. The number of piperazine rings is 1. The molecule has 3 rings (SSSR count). The van der Waals surface area contributed by atoms with E-state index < -0.39 is 10.1 Å². The molecule has 0 unspecified atom stereocenters. The van der Waals surface area contributed by atoms with E-state index in [0.717, 1.165) is 50.1 Å². The SMILES string of the molecule is CCCCCCCC(=O)N1CCN(c2ccc(/C=C/c3cc[n+](CCCCS(=O)(=O)O)cc3)cc2)CC1. The van der Waals surface area contributed by atoms with Crippen molar-refractivity contribution >= 4 is 33.9 Å². The second-order valence-electron chi connectivity index (χ2n) is 9.82. The molecular weight excluding hydrogens is 486 g/mol. The summed E-state index contributed by atoms with van der Waals surface area (Å²) in [6.45, 7) is 6.25. The first-order valence-electron chi connectivity index (χ1n) is 13.6. The number of hydrogen-bond donors (Lipinski definition) is 1. The van der Waals surface area contributed by atoms with Gasteiger partial charge < -0.3 is 9.80 Å². The lowest BCUT2D eigenvalue weighted by molar-refractivity contribution is -0.697. The number of benzene rings is 1. The van der Waals surface area contributed by atoms with Gasteiger partial charge in [0.25, 0.3) is 10.1 Å². The van der Waals surface area contributed by atoms with Crippen molar-refractivity contribution in [3.8, 4) is 0 Å². The normalized spacial score (nSPS) is 14.4. The summed E-state index contributed by atoms with van der Waals surface area (Å²) < 4.78 is 32.4. The van der Waals surface area contributed by atoms with Crippen molar-refractivity contribution in [3.63, 3.8) is 0 Å². The minimum atomic E-state index is -3.87. The van der Waals surface area contributed by atoms with Gasteiger partial charge in [0.2, 0.25) is 5.91 Å². The van der Waals surface area contributed by atoms with Crippen LogP contribution in [0.5, 0.6) is 0 Å². The van der Waals surface area contributed by atoms with E-state index >= 15 is 0 Å². The molecule has 1 aromatic carbocycles. The number of hydrogen-bond acceptors (Lipinski definition) is 4. The van der Waals surface area contributed by atoms with Crippen molar-refractivity contribution < 1.29 is 22.3 Å². The average molecular weight is 529 g/mol. The number of aromatic nitrogens is 1. The molecule has 0 aliphatic carbocycles. The third kappa shape index (κ3) is 10.7. The zero-order valence-electron chi connectivity index (χ0n) is 22.1. The average Bonchev–Trinajstić information content (AvgIpc) is 2.90. The van der Waals surface area contributed by atoms with E-state index in [1.54, 1.807) is 0 Å². The molecule has 0 bridgehead atoms. The quantitative estimate of drug-likeness (QED) is 0.216. The summed E-state index contributed by atoms with van der Waals surface area (Å²) in [7, 11) is -3.87. The number of unbranched alkanes of at least 4 members (excludes halogenated alkanes) is 5. The number of rotatable bonds is 14. The molecule has 2 aromatic rings. The zero-order chi connectivity index (χ0) is 26.5. The van der Waals surface area contributed by atoms with Crippen molar-refractivity contribution in [2.24, 2.45) is 0 Å². The maximum Gasteiger partial charge on any atom is 0.264 e. The lowest BCUT2D eigenvalue weighted by Gasteiger charge is -2.36. The Bertz CT molecular complexity index is 1090. The molecule has 2 heterocycles. The maximum atomic E-state index is 12.5. The van der Waals surface area contributed by atoms with Gasteiger partial charge in [-0.05, 0) is 36.1 Å². The van der Waals surface area contributed by atoms with Gasteiger partial charge in [0, 0.05) is 56.8 Å². The van der Waals surface area contributed by atoms with E-state index in [0.29, 0.717) is 31.7 Å². The van der Waals surface area contributed by atoms with Crippen LogP contribution < -0.4 is 9.47 Å². The molecule has 1 amide bonds. The standard InChI is InChI=1S/C29H41N3O4S/c1-2-3-4-5-6-9-29(33)32-23-21-31(22-24-32)28-14-12-26(13-15-28)10-11-27-16-19-30(20-17-27)18-7-8-25-37(34,35)36/h10-17,19-20H,2-9,18,21-25H2,1H3/p+1. The highest BCUT2D eigenvalue weighted by Gasteiger charge is 2.20. The van der Waals surface area contributed by atoms with Crippen LogP contribution in [0.4, 0.5) is 5.69 Å². The molecule has 7 nitrogen and oxygen atoms in total. The first-order chi connectivity index (χ1) is 17.8. The van der Waals surface area contributed by atoms with Crippen LogP contribution in [0.1, 0.15) is 69.4 Å².